The van der Waals surface area contributed by atoms with E-state index in [2.05, 4.69) is 5.32 Å². The summed E-state index contributed by atoms with van der Waals surface area (Å²) in [6.07, 6.45) is -3.21. The molecule has 1 N–H and O–H groups in total. The standard InChI is InChI=1S/C11H20F3N3O/c1-3-16(2)10(18)17(8-11(12,13)14)9-4-6-15-7-5-9/h9,15H,3-8H2,1-2H3. The second-order valence-corrected chi connectivity index (χ2v) is 4.52. The van der Waals surface area contributed by atoms with E-state index < -0.39 is 18.8 Å². The molecule has 0 saturated carbocycles. The summed E-state index contributed by atoms with van der Waals surface area (Å²) in [5.41, 5.74) is 0. The van der Waals surface area contributed by atoms with E-state index in [1.54, 1.807) is 6.92 Å². The first kappa shape index (κ1) is 15.1. The molecule has 0 atom stereocenters. The Bertz CT molecular complexity index is 277. The Morgan fingerprint density at radius 1 is 1.33 bits per heavy atom. The van der Waals surface area contributed by atoms with E-state index >= 15 is 0 Å². The predicted octanol–water partition coefficient (Wildman–Crippen LogP) is 1.67. The van der Waals surface area contributed by atoms with Crippen LogP contribution in [-0.4, -0.2) is 61.3 Å². The van der Waals surface area contributed by atoms with Crippen molar-refractivity contribution < 1.29 is 18.0 Å². The summed E-state index contributed by atoms with van der Waals surface area (Å²) in [6, 6.07) is -0.865. The third kappa shape index (κ3) is 4.36. The van der Waals surface area contributed by atoms with Gasteiger partial charge in [0.25, 0.3) is 0 Å². The molecule has 18 heavy (non-hydrogen) atoms. The molecule has 0 unspecified atom stereocenters. The molecule has 0 aromatic heterocycles. The average Bonchev–Trinajstić information content (AvgIpc) is 2.34. The Morgan fingerprint density at radius 3 is 2.33 bits per heavy atom. The molecule has 0 bridgehead atoms. The van der Waals surface area contributed by atoms with Crippen molar-refractivity contribution in [3.8, 4) is 0 Å². The van der Waals surface area contributed by atoms with Crippen LogP contribution in [0.2, 0.25) is 0 Å². The number of halogens is 3. The molecule has 7 heteroatoms. The molecule has 1 heterocycles. The van der Waals surface area contributed by atoms with Crippen LogP contribution in [0.5, 0.6) is 0 Å². The van der Waals surface area contributed by atoms with Gasteiger partial charge in [-0.3, -0.25) is 0 Å². The molecule has 0 aliphatic carbocycles. The fraction of sp³-hybridized carbons (Fsp3) is 0.909. The second-order valence-electron chi connectivity index (χ2n) is 4.52. The summed E-state index contributed by atoms with van der Waals surface area (Å²) in [7, 11) is 1.52. The fourth-order valence-electron chi connectivity index (χ4n) is 2.02. The Labute approximate surface area is 105 Å². The van der Waals surface area contributed by atoms with Crippen LogP contribution in [0.4, 0.5) is 18.0 Å². The molecule has 1 aliphatic heterocycles. The smallest absolute Gasteiger partial charge is 0.328 e. The van der Waals surface area contributed by atoms with Gasteiger partial charge < -0.3 is 15.1 Å². The van der Waals surface area contributed by atoms with Crippen molar-refractivity contribution in [1.29, 1.82) is 0 Å². The minimum absolute atomic E-state index is 0.325. The van der Waals surface area contributed by atoms with E-state index in [0.29, 0.717) is 32.5 Å². The highest BCUT2D eigenvalue weighted by Gasteiger charge is 2.37. The molecule has 1 aliphatic rings. The van der Waals surface area contributed by atoms with E-state index in [0.717, 1.165) is 4.90 Å². The van der Waals surface area contributed by atoms with Crippen molar-refractivity contribution in [3.63, 3.8) is 0 Å². The van der Waals surface area contributed by atoms with Gasteiger partial charge in [-0.05, 0) is 32.9 Å². The number of carbonyl (C=O) groups excluding carboxylic acids is 1. The highest BCUT2D eigenvalue weighted by atomic mass is 19.4. The van der Waals surface area contributed by atoms with Crippen LogP contribution in [0.3, 0.4) is 0 Å². The van der Waals surface area contributed by atoms with Crippen LogP contribution in [0.25, 0.3) is 0 Å². The normalized spacial score (nSPS) is 17.6. The van der Waals surface area contributed by atoms with Gasteiger partial charge in [0.2, 0.25) is 0 Å². The number of urea groups is 1. The molecule has 0 aromatic rings. The van der Waals surface area contributed by atoms with Crippen molar-refractivity contribution in [3.05, 3.63) is 0 Å². The Morgan fingerprint density at radius 2 is 1.89 bits per heavy atom. The number of nitrogens with one attached hydrogen (secondary N) is 1. The van der Waals surface area contributed by atoms with E-state index in [-0.39, 0.29) is 6.04 Å². The number of carbonyl (C=O) groups is 1. The lowest BCUT2D eigenvalue weighted by Crippen LogP contribution is -2.53. The summed E-state index contributed by atoms with van der Waals surface area (Å²) in [5.74, 6) is 0. The topological polar surface area (TPSA) is 35.6 Å². The maximum absolute atomic E-state index is 12.6. The zero-order chi connectivity index (χ0) is 13.8. The first-order valence-corrected chi connectivity index (χ1v) is 6.14. The molecular weight excluding hydrogens is 247 g/mol. The Hall–Kier alpha value is -0.980. The molecule has 4 nitrogen and oxygen atoms in total. The van der Waals surface area contributed by atoms with Crippen LogP contribution >= 0.6 is 0 Å². The van der Waals surface area contributed by atoms with E-state index in [1.807, 2.05) is 0 Å². The molecule has 0 aromatic carbocycles. The first-order chi connectivity index (χ1) is 8.35. The summed E-state index contributed by atoms with van der Waals surface area (Å²) in [5, 5.41) is 3.08. The zero-order valence-corrected chi connectivity index (χ0v) is 10.8. The van der Waals surface area contributed by atoms with Crippen molar-refractivity contribution in [2.75, 3.05) is 33.2 Å². The molecular formula is C11H20F3N3O. The van der Waals surface area contributed by atoms with Crippen molar-refractivity contribution in [2.45, 2.75) is 32.0 Å². The van der Waals surface area contributed by atoms with Crippen LogP contribution in [0.1, 0.15) is 19.8 Å². The molecule has 0 radical (unpaired) electrons. The van der Waals surface area contributed by atoms with Gasteiger partial charge in [-0.2, -0.15) is 13.2 Å². The van der Waals surface area contributed by atoms with Crippen molar-refractivity contribution in [1.82, 2.24) is 15.1 Å². The molecule has 1 saturated heterocycles. The number of piperidine rings is 1. The quantitative estimate of drug-likeness (QED) is 0.844. The summed E-state index contributed by atoms with van der Waals surface area (Å²) < 4.78 is 37.7. The fourth-order valence-corrected chi connectivity index (χ4v) is 2.02. The minimum Gasteiger partial charge on any atom is -0.328 e. The summed E-state index contributed by atoms with van der Waals surface area (Å²) in [4.78, 5) is 14.3. The van der Waals surface area contributed by atoms with E-state index in [9.17, 15) is 18.0 Å². The van der Waals surface area contributed by atoms with Gasteiger partial charge in [0.1, 0.15) is 6.54 Å². The number of alkyl halides is 3. The highest BCUT2D eigenvalue weighted by molar-refractivity contribution is 5.74. The summed E-state index contributed by atoms with van der Waals surface area (Å²) >= 11 is 0. The van der Waals surface area contributed by atoms with Gasteiger partial charge in [0.05, 0.1) is 0 Å². The maximum atomic E-state index is 12.6. The van der Waals surface area contributed by atoms with Gasteiger partial charge in [0, 0.05) is 19.6 Å². The van der Waals surface area contributed by atoms with Crippen LogP contribution in [0, 0.1) is 0 Å². The van der Waals surface area contributed by atoms with Gasteiger partial charge in [-0.1, -0.05) is 0 Å². The number of amides is 2. The van der Waals surface area contributed by atoms with E-state index in [4.69, 9.17) is 0 Å². The van der Waals surface area contributed by atoms with Crippen LogP contribution < -0.4 is 5.32 Å². The number of rotatable bonds is 3. The lowest BCUT2D eigenvalue weighted by molar-refractivity contribution is -0.145. The third-order valence-corrected chi connectivity index (χ3v) is 3.15. The average molecular weight is 267 g/mol. The van der Waals surface area contributed by atoms with Gasteiger partial charge in [0.15, 0.2) is 0 Å². The molecule has 0 spiro atoms. The highest BCUT2D eigenvalue weighted by Crippen LogP contribution is 2.22. The van der Waals surface area contributed by atoms with Crippen LogP contribution in [0.15, 0.2) is 0 Å². The van der Waals surface area contributed by atoms with Gasteiger partial charge in [-0.25, -0.2) is 4.79 Å². The molecule has 1 fully saturated rings. The largest absolute Gasteiger partial charge is 0.406 e. The molecule has 2 amide bonds. The Balaban J connectivity index is 2.76. The molecule has 1 rings (SSSR count). The van der Waals surface area contributed by atoms with Gasteiger partial charge in [-0.15, -0.1) is 0 Å². The lowest BCUT2D eigenvalue weighted by Gasteiger charge is -2.37. The van der Waals surface area contributed by atoms with Crippen molar-refractivity contribution in [2.24, 2.45) is 0 Å². The van der Waals surface area contributed by atoms with Gasteiger partial charge >= 0.3 is 12.2 Å². The van der Waals surface area contributed by atoms with E-state index in [1.165, 1.54) is 11.9 Å². The third-order valence-electron chi connectivity index (χ3n) is 3.15. The summed E-state index contributed by atoms with van der Waals surface area (Å²) in [6.45, 7) is 2.29. The minimum atomic E-state index is -4.35. The number of hydrogen-bond acceptors (Lipinski definition) is 2. The first-order valence-electron chi connectivity index (χ1n) is 6.14. The zero-order valence-electron chi connectivity index (χ0n) is 10.8. The second kappa shape index (κ2) is 6.26. The monoisotopic (exact) mass is 267 g/mol. The number of nitrogens with zero attached hydrogens (tertiary/aromatic N) is 2. The Kier molecular flexibility index (Phi) is 5.25. The lowest BCUT2D eigenvalue weighted by atomic mass is 10.1. The SMILES string of the molecule is CCN(C)C(=O)N(CC(F)(F)F)C1CCNCC1. The van der Waals surface area contributed by atoms with Crippen LogP contribution in [-0.2, 0) is 0 Å². The predicted molar refractivity (Wildman–Crippen MR) is 62.4 cm³/mol. The number of hydrogen-bond donors (Lipinski definition) is 1. The van der Waals surface area contributed by atoms with Crippen molar-refractivity contribution >= 4 is 6.03 Å². The molecule has 106 valence electrons. The maximum Gasteiger partial charge on any atom is 0.406 e.